The standard InChI is InChI=1S/C7H10N2O.C2H6O3S/c1-7(2)5-10-9-4-3-8-6-9;1-2-6(3,4)5/h3-6H,1-2H3;2H2,1H3,(H,3,4,5). The van der Waals surface area contributed by atoms with Crippen molar-refractivity contribution in [2.24, 2.45) is 0 Å². The maximum absolute atomic E-state index is 9.44. The Balaban J connectivity index is 0.000000325. The van der Waals surface area contributed by atoms with Crippen LogP contribution in [0.2, 0.25) is 0 Å². The number of aromatic amines is 1. The van der Waals surface area contributed by atoms with Gasteiger partial charge in [-0.2, -0.15) is 0 Å². The van der Waals surface area contributed by atoms with E-state index in [0.717, 1.165) is 5.57 Å². The lowest BCUT2D eigenvalue weighted by molar-refractivity contribution is -0.875. The van der Waals surface area contributed by atoms with Gasteiger partial charge in [-0.15, -0.1) is 0 Å². The van der Waals surface area contributed by atoms with Gasteiger partial charge in [-0.1, -0.05) is 6.92 Å². The van der Waals surface area contributed by atoms with Gasteiger partial charge in [0.2, 0.25) is 0 Å². The van der Waals surface area contributed by atoms with E-state index in [0.29, 0.717) is 0 Å². The fourth-order valence-electron chi connectivity index (χ4n) is 0.508. The van der Waals surface area contributed by atoms with Crippen molar-refractivity contribution in [1.82, 2.24) is 4.98 Å². The molecule has 0 radical (unpaired) electrons. The molecular weight excluding hydrogens is 232 g/mol. The highest BCUT2D eigenvalue weighted by Gasteiger charge is 1.91. The van der Waals surface area contributed by atoms with Gasteiger partial charge >= 0.3 is 0 Å². The van der Waals surface area contributed by atoms with E-state index in [1.54, 1.807) is 29.7 Å². The molecule has 0 saturated heterocycles. The van der Waals surface area contributed by atoms with Crippen molar-refractivity contribution in [2.45, 2.75) is 20.8 Å². The maximum atomic E-state index is 9.44. The van der Waals surface area contributed by atoms with Crippen LogP contribution in [0.3, 0.4) is 0 Å². The lowest BCUT2D eigenvalue weighted by Crippen LogP contribution is -2.36. The molecule has 0 aliphatic rings. The molecule has 1 N–H and O–H groups in total. The van der Waals surface area contributed by atoms with E-state index in [4.69, 9.17) is 4.84 Å². The molecule has 1 rings (SSSR count). The highest BCUT2D eigenvalue weighted by Crippen LogP contribution is 1.83. The van der Waals surface area contributed by atoms with Gasteiger partial charge in [-0.05, 0) is 24.2 Å². The van der Waals surface area contributed by atoms with Crippen LogP contribution < -0.4 is 9.57 Å². The van der Waals surface area contributed by atoms with Crippen molar-refractivity contribution < 1.29 is 22.5 Å². The first kappa shape index (κ1) is 14.7. The van der Waals surface area contributed by atoms with Crippen molar-refractivity contribution >= 4 is 10.1 Å². The minimum atomic E-state index is -3.91. The number of rotatable bonds is 3. The maximum Gasteiger partial charge on any atom is 0.282 e. The minimum absolute atomic E-state index is 0.312. The minimum Gasteiger partial charge on any atom is -0.748 e. The Morgan fingerprint density at radius 1 is 1.56 bits per heavy atom. The van der Waals surface area contributed by atoms with E-state index in [-0.39, 0.29) is 5.75 Å². The molecule has 7 heteroatoms. The third kappa shape index (κ3) is 9.22. The van der Waals surface area contributed by atoms with Gasteiger partial charge in [-0.25, -0.2) is 13.4 Å². The van der Waals surface area contributed by atoms with Gasteiger partial charge in [-0.3, -0.25) is 0 Å². The molecule has 0 aliphatic carbocycles. The molecule has 0 atom stereocenters. The quantitative estimate of drug-likeness (QED) is 0.470. The van der Waals surface area contributed by atoms with E-state index >= 15 is 0 Å². The Morgan fingerprint density at radius 2 is 2.12 bits per heavy atom. The molecule has 1 aromatic heterocycles. The summed E-state index contributed by atoms with van der Waals surface area (Å²) in [5, 5.41) is 0. The van der Waals surface area contributed by atoms with Gasteiger partial charge in [0.05, 0.1) is 10.1 Å². The second kappa shape index (κ2) is 7.02. The molecule has 1 heterocycles. The van der Waals surface area contributed by atoms with Crippen LogP contribution in [0.1, 0.15) is 20.8 Å². The molecule has 92 valence electrons. The SMILES string of the molecule is CC(C)=CO[n+]1cc[nH]c1.CCS(=O)(=O)[O-]. The molecule has 0 unspecified atom stereocenters. The fourth-order valence-corrected chi connectivity index (χ4v) is 0.508. The summed E-state index contributed by atoms with van der Waals surface area (Å²) in [7, 11) is -3.91. The third-order valence-corrected chi connectivity index (χ3v) is 1.99. The normalized spacial score (nSPS) is 10.0. The zero-order valence-electron chi connectivity index (χ0n) is 9.50. The molecule has 6 nitrogen and oxygen atoms in total. The van der Waals surface area contributed by atoms with E-state index in [9.17, 15) is 13.0 Å². The first-order chi connectivity index (χ1) is 7.35. The molecule has 0 saturated carbocycles. The second-order valence-corrected chi connectivity index (χ2v) is 4.81. The first-order valence-corrected chi connectivity index (χ1v) is 6.21. The van der Waals surface area contributed by atoms with Gasteiger partial charge in [0.15, 0.2) is 6.20 Å². The molecule has 0 aromatic carbocycles. The van der Waals surface area contributed by atoms with E-state index in [1.807, 2.05) is 13.8 Å². The zero-order valence-corrected chi connectivity index (χ0v) is 10.3. The predicted octanol–water partition coefficient (Wildman–Crippen LogP) is 0.206. The smallest absolute Gasteiger partial charge is 0.282 e. The summed E-state index contributed by atoms with van der Waals surface area (Å²) in [4.78, 5) is 7.99. The van der Waals surface area contributed by atoms with Crippen LogP contribution in [0.15, 0.2) is 30.6 Å². The fraction of sp³-hybridized carbons (Fsp3) is 0.444. The number of allylic oxidation sites excluding steroid dienone is 1. The predicted molar refractivity (Wildman–Crippen MR) is 57.2 cm³/mol. The van der Waals surface area contributed by atoms with Crippen molar-refractivity contribution in [3.05, 3.63) is 30.6 Å². The summed E-state index contributed by atoms with van der Waals surface area (Å²) in [6.45, 7) is 5.27. The van der Waals surface area contributed by atoms with Crippen molar-refractivity contribution in [3.8, 4) is 0 Å². The summed E-state index contributed by atoms with van der Waals surface area (Å²) in [5.41, 5.74) is 1.13. The summed E-state index contributed by atoms with van der Waals surface area (Å²) in [5.74, 6) is -0.312. The second-order valence-electron chi connectivity index (χ2n) is 3.12. The summed E-state index contributed by atoms with van der Waals surface area (Å²) < 4.78 is 29.9. The van der Waals surface area contributed by atoms with E-state index < -0.39 is 10.1 Å². The van der Waals surface area contributed by atoms with Crippen LogP contribution in [0.4, 0.5) is 0 Å². The number of imidazole rings is 1. The van der Waals surface area contributed by atoms with Crippen LogP contribution in [0.5, 0.6) is 0 Å². The molecule has 0 aliphatic heterocycles. The Labute approximate surface area is 95.3 Å². The lowest BCUT2D eigenvalue weighted by Gasteiger charge is -1.97. The van der Waals surface area contributed by atoms with Crippen LogP contribution in [-0.2, 0) is 10.1 Å². The Bertz CT molecular complexity index is 405. The number of nitrogens with zero attached hydrogens (tertiary/aromatic N) is 1. The first-order valence-electron chi connectivity index (χ1n) is 4.63. The molecule has 16 heavy (non-hydrogen) atoms. The van der Waals surface area contributed by atoms with Gasteiger partial charge in [0.25, 0.3) is 6.33 Å². The van der Waals surface area contributed by atoms with Crippen molar-refractivity contribution in [3.63, 3.8) is 0 Å². The number of hydrogen-bond acceptors (Lipinski definition) is 4. The van der Waals surface area contributed by atoms with Gasteiger partial charge in [0, 0.05) is 5.75 Å². The summed E-state index contributed by atoms with van der Waals surface area (Å²) >= 11 is 0. The number of aromatic nitrogens is 2. The molecule has 1 aromatic rings. The summed E-state index contributed by atoms with van der Waals surface area (Å²) in [6, 6.07) is 0. The molecule has 0 bridgehead atoms. The van der Waals surface area contributed by atoms with Crippen LogP contribution in [0, 0.1) is 0 Å². The average Bonchev–Trinajstić information content (AvgIpc) is 2.67. The topological polar surface area (TPSA) is 86.1 Å². The largest absolute Gasteiger partial charge is 0.748 e. The number of nitrogens with one attached hydrogen (secondary N) is 1. The highest BCUT2D eigenvalue weighted by atomic mass is 32.2. The van der Waals surface area contributed by atoms with Crippen LogP contribution in [0.25, 0.3) is 0 Å². The molecule has 0 spiro atoms. The monoisotopic (exact) mass is 248 g/mol. The number of H-pyrrole nitrogens is 1. The van der Waals surface area contributed by atoms with Gasteiger partial charge < -0.3 is 9.39 Å². The Morgan fingerprint density at radius 3 is 2.44 bits per heavy atom. The van der Waals surface area contributed by atoms with Crippen LogP contribution in [-0.4, -0.2) is 23.7 Å². The Hall–Kier alpha value is -1.34. The number of hydrogen-bond donors (Lipinski definition) is 1. The van der Waals surface area contributed by atoms with Crippen LogP contribution >= 0.6 is 0 Å². The van der Waals surface area contributed by atoms with Crippen molar-refractivity contribution in [1.29, 1.82) is 0 Å². The highest BCUT2D eigenvalue weighted by molar-refractivity contribution is 7.85. The van der Waals surface area contributed by atoms with Crippen molar-refractivity contribution in [2.75, 3.05) is 5.75 Å². The van der Waals surface area contributed by atoms with Gasteiger partial charge in [0.1, 0.15) is 12.5 Å². The Kier molecular flexibility index (Phi) is 6.43. The average molecular weight is 248 g/mol. The molecule has 0 fully saturated rings. The van der Waals surface area contributed by atoms with E-state index in [2.05, 4.69) is 4.98 Å². The lowest BCUT2D eigenvalue weighted by atomic mass is 10.4. The molecule has 0 amide bonds. The summed E-state index contributed by atoms with van der Waals surface area (Å²) in [6.07, 6.45) is 6.99. The van der Waals surface area contributed by atoms with E-state index in [1.165, 1.54) is 6.92 Å². The zero-order chi connectivity index (χ0) is 12.6. The molecular formula is C9H16N2O4S. The third-order valence-electron chi connectivity index (χ3n) is 1.28.